The largest absolute Gasteiger partial charge is 0.492 e. The van der Waals surface area contributed by atoms with Gasteiger partial charge in [-0.25, -0.2) is 4.79 Å². The lowest BCUT2D eigenvalue weighted by molar-refractivity contribution is 0.0534. The van der Waals surface area contributed by atoms with Gasteiger partial charge in [-0.2, -0.15) is 0 Å². The Balaban J connectivity index is 1.43. The van der Waals surface area contributed by atoms with Crippen LogP contribution < -0.4 is 4.74 Å². The highest BCUT2D eigenvalue weighted by Crippen LogP contribution is 2.45. The van der Waals surface area contributed by atoms with E-state index < -0.39 is 0 Å². The van der Waals surface area contributed by atoms with Gasteiger partial charge in [0.1, 0.15) is 12.4 Å². The molecule has 1 unspecified atom stereocenters. The van der Waals surface area contributed by atoms with Crippen molar-refractivity contribution in [1.29, 1.82) is 0 Å². The zero-order valence-corrected chi connectivity index (χ0v) is 13.7. The molecule has 2 aromatic rings. The van der Waals surface area contributed by atoms with Crippen LogP contribution >= 0.6 is 0 Å². The SMILES string of the molecule is CC1(CCOCc2ccccc2)COc2c1ccc1c2COC1=O. The van der Waals surface area contributed by atoms with E-state index in [-0.39, 0.29) is 11.4 Å². The van der Waals surface area contributed by atoms with Gasteiger partial charge in [0.15, 0.2) is 0 Å². The summed E-state index contributed by atoms with van der Waals surface area (Å²) in [5.74, 6) is 0.583. The van der Waals surface area contributed by atoms with Crippen LogP contribution in [0.2, 0.25) is 0 Å². The van der Waals surface area contributed by atoms with Crippen molar-refractivity contribution in [3.05, 3.63) is 64.7 Å². The number of rotatable bonds is 5. The molecule has 0 radical (unpaired) electrons. The number of carbonyl (C=O) groups is 1. The van der Waals surface area contributed by atoms with Crippen molar-refractivity contribution in [2.45, 2.75) is 32.0 Å². The zero-order chi connectivity index (χ0) is 16.6. The maximum atomic E-state index is 11.7. The molecule has 0 N–H and O–H groups in total. The van der Waals surface area contributed by atoms with Crippen LogP contribution in [0.1, 0.15) is 40.4 Å². The minimum Gasteiger partial charge on any atom is -0.492 e. The van der Waals surface area contributed by atoms with Gasteiger partial charge in [0.2, 0.25) is 0 Å². The van der Waals surface area contributed by atoms with Crippen LogP contribution in [0.4, 0.5) is 0 Å². The predicted octanol–water partition coefficient (Wildman–Crippen LogP) is 3.61. The van der Waals surface area contributed by atoms with Gasteiger partial charge < -0.3 is 14.2 Å². The molecule has 0 saturated heterocycles. The minimum absolute atomic E-state index is 0.0906. The van der Waals surface area contributed by atoms with Gasteiger partial charge in [0.05, 0.1) is 18.8 Å². The van der Waals surface area contributed by atoms with Crippen molar-refractivity contribution in [1.82, 2.24) is 0 Å². The molecule has 0 saturated carbocycles. The fourth-order valence-electron chi connectivity index (χ4n) is 3.40. The number of cyclic esters (lactones) is 1. The molecule has 2 heterocycles. The summed E-state index contributed by atoms with van der Waals surface area (Å²) in [5.41, 5.74) is 3.78. The maximum absolute atomic E-state index is 11.7. The average molecular weight is 324 g/mol. The summed E-state index contributed by atoms with van der Waals surface area (Å²) in [5, 5.41) is 0. The van der Waals surface area contributed by atoms with Gasteiger partial charge in [-0.3, -0.25) is 0 Å². The topological polar surface area (TPSA) is 44.8 Å². The molecule has 0 aromatic heterocycles. The van der Waals surface area contributed by atoms with E-state index in [4.69, 9.17) is 14.2 Å². The highest BCUT2D eigenvalue weighted by molar-refractivity contribution is 5.94. The molecule has 0 fully saturated rings. The number of esters is 1. The second kappa shape index (κ2) is 5.95. The predicted molar refractivity (Wildman–Crippen MR) is 89.1 cm³/mol. The van der Waals surface area contributed by atoms with Crippen LogP contribution in [-0.4, -0.2) is 19.2 Å². The summed E-state index contributed by atoms with van der Waals surface area (Å²) in [6, 6.07) is 14.0. The van der Waals surface area contributed by atoms with Crippen LogP contribution in [0, 0.1) is 0 Å². The number of hydrogen-bond donors (Lipinski definition) is 0. The molecule has 1 atom stereocenters. The van der Waals surface area contributed by atoms with Crippen LogP contribution in [0.5, 0.6) is 5.75 Å². The Labute approximate surface area is 141 Å². The molecule has 0 spiro atoms. The fraction of sp³-hybridized carbons (Fsp3) is 0.350. The third kappa shape index (κ3) is 2.57. The van der Waals surface area contributed by atoms with Gasteiger partial charge in [0, 0.05) is 23.1 Å². The Morgan fingerprint density at radius 3 is 2.79 bits per heavy atom. The Morgan fingerprint density at radius 2 is 1.96 bits per heavy atom. The van der Waals surface area contributed by atoms with Crippen molar-refractivity contribution < 1.29 is 19.0 Å². The number of benzene rings is 2. The standard InChI is InChI=1S/C20H20O4/c1-20(9-10-22-11-14-5-3-2-4-6-14)13-24-18-16-12-23-19(21)15(16)7-8-17(18)20/h2-8H,9-13H2,1H3. The highest BCUT2D eigenvalue weighted by Gasteiger charge is 2.40. The number of hydrogen-bond acceptors (Lipinski definition) is 4. The van der Waals surface area contributed by atoms with E-state index in [0.29, 0.717) is 32.0 Å². The Kier molecular flexibility index (Phi) is 3.77. The monoisotopic (exact) mass is 324 g/mol. The molecule has 0 aliphatic carbocycles. The first kappa shape index (κ1) is 15.2. The van der Waals surface area contributed by atoms with Gasteiger partial charge in [-0.1, -0.05) is 43.3 Å². The van der Waals surface area contributed by atoms with E-state index in [0.717, 1.165) is 23.3 Å². The van der Waals surface area contributed by atoms with Gasteiger partial charge in [-0.05, 0) is 18.1 Å². The van der Waals surface area contributed by atoms with E-state index in [1.165, 1.54) is 5.56 Å². The summed E-state index contributed by atoms with van der Waals surface area (Å²) in [7, 11) is 0. The Bertz CT molecular complexity index is 769. The average Bonchev–Trinajstić information content (AvgIpc) is 3.14. The number of fused-ring (bicyclic) bond motifs is 3. The van der Waals surface area contributed by atoms with Crippen LogP contribution in [-0.2, 0) is 28.1 Å². The van der Waals surface area contributed by atoms with Crippen molar-refractivity contribution >= 4 is 5.97 Å². The lowest BCUT2D eigenvalue weighted by Gasteiger charge is -2.22. The molecule has 2 aliphatic heterocycles. The molecular weight excluding hydrogens is 304 g/mol. The third-order valence-electron chi connectivity index (χ3n) is 4.92. The molecule has 124 valence electrons. The first-order valence-corrected chi connectivity index (χ1v) is 8.25. The number of carbonyl (C=O) groups excluding carboxylic acids is 1. The summed E-state index contributed by atoms with van der Waals surface area (Å²) >= 11 is 0. The van der Waals surface area contributed by atoms with Crippen LogP contribution in [0.15, 0.2) is 42.5 Å². The van der Waals surface area contributed by atoms with Crippen molar-refractivity contribution in [2.75, 3.05) is 13.2 Å². The molecule has 2 aliphatic rings. The van der Waals surface area contributed by atoms with E-state index in [9.17, 15) is 4.79 Å². The first-order valence-electron chi connectivity index (χ1n) is 8.25. The summed E-state index contributed by atoms with van der Waals surface area (Å²) in [4.78, 5) is 11.7. The van der Waals surface area contributed by atoms with Gasteiger partial charge in [0.25, 0.3) is 0 Å². The summed E-state index contributed by atoms with van der Waals surface area (Å²) < 4.78 is 16.9. The van der Waals surface area contributed by atoms with E-state index >= 15 is 0 Å². The molecule has 2 aromatic carbocycles. The smallest absolute Gasteiger partial charge is 0.339 e. The van der Waals surface area contributed by atoms with Crippen molar-refractivity contribution in [2.24, 2.45) is 0 Å². The maximum Gasteiger partial charge on any atom is 0.339 e. The molecule has 4 nitrogen and oxygen atoms in total. The summed E-state index contributed by atoms with van der Waals surface area (Å²) in [6.07, 6.45) is 0.875. The second-order valence-electron chi connectivity index (χ2n) is 6.68. The third-order valence-corrected chi connectivity index (χ3v) is 4.92. The second-order valence-corrected chi connectivity index (χ2v) is 6.68. The van der Waals surface area contributed by atoms with Gasteiger partial charge >= 0.3 is 5.97 Å². The molecule has 0 amide bonds. The fourth-order valence-corrected chi connectivity index (χ4v) is 3.40. The van der Waals surface area contributed by atoms with Crippen LogP contribution in [0.25, 0.3) is 0 Å². The Hall–Kier alpha value is -2.33. The van der Waals surface area contributed by atoms with Crippen molar-refractivity contribution in [3.8, 4) is 5.75 Å². The van der Waals surface area contributed by atoms with E-state index in [1.54, 1.807) is 0 Å². The first-order chi connectivity index (χ1) is 11.7. The lowest BCUT2D eigenvalue weighted by atomic mass is 9.81. The zero-order valence-electron chi connectivity index (χ0n) is 13.7. The quantitative estimate of drug-likeness (QED) is 0.622. The molecule has 4 rings (SSSR count). The lowest BCUT2D eigenvalue weighted by Crippen LogP contribution is -2.25. The highest BCUT2D eigenvalue weighted by atomic mass is 16.5. The molecule has 24 heavy (non-hydrogen) atoms. The van der Waals surface area contributed by atoms with Crippen LogP contribution in [0.3, 0.4) is 0 Å². The van der Waals surface area contributed by atoms with Gasteiger partial charge in [-0.15, -0.1) is 0 Å². The van der Waals surface area contributed by atoms with Crippen molar-refractivity contribution in [3.63, 3.8) is 0 Å². The van der Waals surface area contributed by atoms with E-state index in [2.05, 4.69) is 19.1 Å². The molecule has 0 bridgehead atoms. The normalized spacial score (nSPS) is 21.1. The molecular formula is C20H20O4. The Morgan fingerprint density at radius 1 is 1.12 bits per heavy atom. The molecule has 4 heteroatoms. The summed E-state index contributed by atoms with van der Waals surface area (Å²) in [6.45, 7) is 4.41. The number of ether oxygens (including phenoxy) is 3. The minimum atomic E-state index is -0.254. The van der Waals surface area contributed by atoms with E-state index in [1.807, 2.05) is 30.3 Å².